The summed E-state index contributed by atoms with van der Waals surface area (Å²) in [6.07, 6.45) is 0. The van der Waals surface area contributed by atoms with Crippen molar-refractivity contribution >= 4 is 13.3 Å². The number of nitrogens with zero attached hydrogens (tertiary/aromatic N) is 1. The van der Waals surface area contributed by atoms with Gasteiger partial charge in [0.2, 0.25) is 0 Å². The van der Waals surface area contributed by atoms with Gasteiger partial charge >= 0.3 is 0 Å². The van der Waals surface area contributed by atoms with Crippen LogP contribution in [0.2, 0.25) is 0 Å². The normalized spacial score (nSPS) is 10.9. The number of nitriles is 1. The van der Waals surface area contributed by atoms with Crippen LogP contribution in [0, 0.1) is 17.1 Å². The summed E-state index contributed by atoms with van der Waals surface area (Å²) in [6, 6.07) is 6.27. The van der Waals surface area contributed by atoms with Crippen LogP contribution in [-0.4, -0.2) is 7.85 Å². The molecule has 0 heterocycles. The Kier molecular flexibility index (Phi) is 2.42. The molecule has 0 atom stereocenters. The van der Waals surface area contributed by atoms with Crippen molar-refractivity contribution < 1.29 is 4.39 Å². The molecule has 1 aromatic carbocycles. The van der Waals surface area contributed by atoms with Crippen LogP contribution in [-0.2, 0) is 5.41 Å². The summed E-state index contributed by atoms with van der Waals surface area (Å²) < 4.78 is 12.9. The molecule has 13 heavy (non-hydrogen) atoms. The Morgan fingerprint density at radius 3 is 2.46 bits per heavy atom. The first-order valence-corrected chi connectivity index (χ1v) is 3.93. The van der Waals surface area contributed by atoms with E-state index < -0.39 is 11.2 Å². The van der Waals surface area contributed by atoms with E-state index >= 15 is 0 Å². The lowest BCUT2D eigenvalue weighted by atomic mass is 9.82. The van der Waals surface area contributed by atoms with E-state index in [4.69, 9.17) is 13.1 Å². The molecule has 0 spiro atoms. The molecule has 0 fully saturated rings. The van der Waals surface area contributed by atoms with Crippen LogP contribution in [0.1, 0.15) is 19.4 Å². The maximum atomic E-state index is 12.9. The molecule has 1 rings (SSSR count). The number of benzene rings is 1. The molecule has 64 valence electrons. The Balaban J connectivity index is 3.25. The van der Waals surface area contributed by atoms with E-state index in [9.17, 15) is 4.39 Å². The van der Waals surface area contributed by atoms with Crippen LogP contribution in [0.3, 0.4) is 0 Å². The number of halogens is 1. The van der Waals surface area contributed by atoms with Crippen LogP contribution in [0.5, 0.6) is 0 Å². The first-order valence-electron chi connectivity index (χ1n) is 3.93. The molecule has 0 bridgehead atoms. The average Bonchev–Trinajstić information content (AvgIpc) is 2.02. The minimum absolute atomic E-state index is 0.346. The second kappa shape index (κ2) is 3.22. The molecule has 0 aliphatic heterocycles. The third-order valence-electron chi connectivity index (χ3n) is 1.92. The van der Waals surface area contributed by atoms with Crippen molar-refractivity contribution in [1.29, 1.82) is 5.26 Å². The van der Waals surface area contributed by atoms with Gasteiger partial charge in [-0.05, 0) is 31.5 Å². The molecule has 1 nitrogen and oxygen atoms in total. The van der Waals surface area contributed by atoms with Crippen molar-refractivity contribution in [2.24, 2.45) is 0 Å². The van der Waals surface area contributed by atoms with Gasteiger partial charge in [-0.25, -0.2) is 4.39 Å². The van der Waals surface area contributed by atoms with Gasteiger partial charge in [0.25, 0.3) is 0 Å². The standard InChI is InChI=1S/C10H9BFN/c1-10(2,6-13)7-3-8(11)5-9(12)4-7/h3-5H,1-2H3. The van der Waals surface area contributed by atoms with Crippen molar-refractivity contribution in [2.45, 2.75) is 19.3 Å². The third-order valence-corrected chi connectivity index (χ3v) is 1.92. The zero-order valence-corrected chi connectivity index (χ0v) is 7.63. The summed E-state index contributed by atoms with van der Waals surface area (Å²) in [6.45, 7) is 3.45. The van der Waals surface area contributed by atoms with E-state index in [-0.39, 0.29) is 0 Å². The van der Waals surface area contributed by atoms with Gasteiger partial charge in [0.15, 0.2) is 0 Å². The summed E-state index contributed by atoms with van der Waals surface area (Å²) >= 11 is 0. The predicted octanol–water partition coefficient (Wildman–Crippen LogP) is 1.42. The Labute approximate surface area is 78.6 Å². The number of hydrogen-bond acceptors (Lipinski definition) is 1. The fraction of sp³-hybridized carbons (Fsp3) is 0.300. The minimum Gasteiger partial charge on any atom is -0.207 e. The quantitative estimate of drug-likeness (QED) is 0.589. The van der Waals surface area contributed by atoms with Crippen LogP contribution >= 0.6 is 0 Å². The molecule has 3 heteroatoms. The summed E-state index contributed by atoms with van der Waals surface area (Å²) in [4.78, 5) is 0. The summed E-state index contributed by atoms with van der Waals surface area (Å²) in [5.74, 6) is -0.404. The monoisotopic (exact) mass is 173 g/mol. The molecular formula is C10H9BFN. The van der Waals surface area contributed by atoms with Crippen LogP contribution in [0.15, 0.2) is 18.2 Å². The van der Waals surface area contributed by atoms with E-state index in [0.717, 1.165) is 0 Å². The topological polar surface area (TPSA) is 23.8 Å². The summed E-state index contributed by atoms with van der Waals surface area (Å²) in [5.41, 5.74) is 0.252. The van der Waals surface area contributed by atoms with Crippen LogP contribution in [0.4, 0.5) is 4.39 Å². The van der Waals surface area contributed by atoms with E-state index in [2.05, 4.69) is 6.07 Å². The highest BCUT2D eigenvalue weighted by Gasteiger charge is 2.20. The van der Waals surface area contributed by atoms with E-state index in [1.807, 2.05) is 0 Å². The Bertz CT molecular complexity index is 345. The van der Waals surface area contributed by atoms with Crippen LogP contribution < -0.4 is 5.46 Å². The maximum absolute atomic E-state index is 12.9. The Hall–Kier alpha value is -1.30. The highest BCUT2D eigenvalue weighted by atomic mass is 19.1. The minimum atomic E-state index is -0.698. The van der Waals surface area contributed by atoms with Gasteiger partial charge in [-0.2, -0.15) is 5.26 Å². The van der Waals surface area contributed by atoms with Gasteiger partial charge in [0.05, 0.1) is 11.5 Å². The third kappa shape index (κ3) is 2.09. The predicted molar refractivity (Wildman–Crippen MR) is 50.4 cm³/mol. The van der Waals surface area contributed by atoms with E-state index in [0.29, 0.717) is 11.0 Å². The fourth-order valence-electron chi connectivity index (χ4n) is 1.04. The highest BCUT2D eigenvalue weighted by Crippen LogP contribution is 2.21. The molecule has 0 amide bonds. The second-order valence-corrected chi connectivity index (χ2v) is 3.51. The molecular weight excluding hydrogens is 164 g/mol. The molecule has 0 aromatic heterocycles. The van der Waals surface area contributed by atoms with Gasteiger partial charge in [0.1, 0.15) is 13.7 Å². The smallest absolute Gasteiger partial charge is 0.122 e. The van der Waals surface area contributed by atoms with Crippen molar-refractivity contribution in [3.63, 3.8) is 0 Å². The molecule has 0 unspecified atom stereocenters. The fourth-order valence-corrected chi connectivity index (χ4v) is 1.04. The van der Waals surface area contributed by atoms with Crippen molar-refractivity contribution in [3.05, 3.63) is 29.6 Å². The summed E-state index contributed by atoms with van der Waals surface area (Å²) in [7, 11) is 5.46. The van der Waals surface area contributed by atoms with Crippen molar-refractivity contribution in [1.82, 2.24) is 0 Å². The largest absolute Gasteiger partial charge is 0.207 e. The van der Waals surface area contributed by atoms with Crippen molar-refractivity contribution in [2.75, 3.05) is 0 Å². The zero-order chi connectivity index (χ0) is 10.1. The van der Waals surface area contributed by atoms with Crippen molar-refractivity contribution in [3.8, 4) is 6.07 Å². The maximum Gasteiger partial charge on any atom is 0.122 e. The highest BCUT2D eigenvalue weighted by molar-refractivity contribution is 6.32. The Morgan fingerprint density at radius 1 is 1.38 bits per heavy atom. The molecule has 1 aromatic rings. The Morgan fingerprint density at radius 2 is 2.00 bits per heavy atom. The first kappa shape index (κ1) is 9.79. The van der Waals surface area contributed by atoms with Gasteiger partial charge < -0.3 is 0 Å². The van der Waals surface area contributed by atoms with Gasteiger partial charge in [-0.1, -0.05) is 11.5 Å². The molecule has 0 aliphatic rings. The number of rotatable bonds is 1. The van der Waals surface area contributed by atoms with E-state index in [1.54, 1.807) is 19.9 Å². The molecule has 0 N–H and O–H groups in total. The van der Waals surface area contributed by atoms with Gasteiger partial charge in [-0.15, -0.1) is 0 Å². The van der Waals surface area contributed by atoms with Gasteiger partial charge in [0, 0.05) is 0 Å². The average molecular weight is 173 g/mol. The van der Waals surface area contributed by atoms with Crippen LogP contribution in [0.25, 0.3) is 0 Å². The van der Waals surface area contributed by atoms with E-state index in [1.165, 1.54) is 12.1 Å². The SMILES string of the molecule is [B]c1cc(F)cc(C(C)(C)C#N)c1. The number of hydrogen-bond donors (Lipinski definition) is 0. The lowest BCUT2D eigenvalue weighted by Gasteiger charge is -2.16. The zero-order valence-electron chi connectivity index (χ0n) is 7.63. The van der Waals surface area contributed by atoms with Gasteiger partial charge in [-0.3, -0.25) is 0 Å². The molecule has 0 aliphatic carbocycles. The first-order chi connectivity index (χ1) is 5.95. The molecule has 0 saturated heterocycles. The molecule has 2 radical (unpaired) electrons. The lowest BCUT2D eigenvalue weighted by molar-refractivity contribution is 0.614. The molecule has 0 saturated carbocycles. The summed E-state index contributed by atoms with van der Waals surface area (Å²) in [5, 5.41) is 8.82. The lowest BCUT2D eigenvalue weighted by Crippen LogP contribution is -2.17. The second-order valence-electron chi connectivity index (χ2n) is 3.51.